The minimum atomic E-state index is -0.788. The Morgan fingerprint density at radius 3 is 2.82 bits per heavy atom. The SMILES string of the molecule is C=CCn1c([C@H](O)c2ccccc2)n[nH]c1=S. The van der Waals surface area contributed by atoms with Crippen LogP contribution < -0.4 is 0 Å². The standard InChI is InChI=1S/C12H13N3OS/c1-2-8-15-11(13-14-12(15)17)10(16)9-6-4-3-5-7-9/h2-7,10,16H,1,8H2,(H,14,17)/t10-/m1/s1. The summed E-state index contributed by atoms with van der Waals surface area (Å²) >= 11 is 5.09. The average molecular weight is 247 g/mol. The third-order valence-electron chi connectivity index (χ3n) is 2.46. The highest BCUT2D eigenvalue weighted by molar-refractivity contribution is 7.71. The molecule has 0 unspecified atom stereocenters. The maximum atomic E-state index is 10.2. The van der Waals surface area contributed by atoms with Gasteiger partial charge in [0.05, 0.1) is 0 Å². The molecular formula is C12H13N3OS. The quantitative estimate of drug-likeness (QED) is 0.643. The fraction of sp³-hybridized carbons (Fsp3) is 0.167. The Bertz CT molecular complexity index is 559. The summed E-state index contributed by atoms with van der Waals surface area (Å²) in [6.07, 6.45) is 0.927. The normalized spacial score (nSPS) is 12.3. The number of rotatable bonds is 4. The second-order valence-corrected chi connectivity index (χ2v) is 3.99. The predicted molar refractivity (Wildman–Crippen MR) is 68.1 cm³/mol. The van der Waals surface area contributed by atoms with Crippen molar-refractivity contribution in [2.75, 3.05) is 0 Å². The number of nitrogens with zero attached hydrogens (tertiary/aromatic N) is 2. The van der Waals surface area contributed by atoms with Gasteiger partial charge in [0.2, 0.25) is 0 Å². The maximum absolute atomic E-state index is 10.2. The van der Waals surface area contributed by atoms with Crippen LogP contribution in [0.1, 0.15) is 17.5 Å². The molecule has 0 fully saturated rings. The van der Waals surface area contributed by atoms with Crippen LogP contribution in [0, 0.1) is 4.77 Å². The molecule has 5 heteroatoms. The minimum Gasteiger partial charge on any atom is -0.380 e. The molecular weight excluding hydrogens is 234 g/mol. The van der Waals surface area contributed by atoms with E-state index in [1.807, 2.05) is 30.3 Å². The van der Waals surface area contributed by atoms with E-state index in [-0.39, 0.29) is 0 Å². The van der Waals surface area contributed by atoms with Crippen molar-refractivity contribution in [3.05, 3.63) is 59.1 Å². The van der Waals surface area contributed by atoms with E-state index in [2.05, 4.69) is 16.8 Å². The number of nitrogens with one attached hydrogen (secondary N) is 1. The molecule has 1 aromatic carbocycles. The van der Waals surface area contributed by atoms with Gasteiger partial charge in [0, 0.05) is 6.54 Å². The van der Waals surface area contributed by atoms with Crippen LogP contribution in [-0.2, 0) is 6.54 Å². The first-order valence-electron chi connectivity index (χ1n) is 5.23. The molecule has 2 N–H and O–H groups in total. The Hall–Kier alpha value is -1.72. The molecule has 88 valence electrons. The molecule has 1 aromatic heterocycles. The molecule has 0 bridgehead atoms. The number of aliphatic hydroxyl groups excluding tert-OH is 1. The first-order valence-corrected chi connectivity index (χ1v) is 5.64. The number of hydrogen-bond acceptors (Lipinski definition) is 3. The third kappa shape index (κ3) is 2.35. The number of hydrogen-bond donors (Lipinski definition) is 2. The van der Waals surface area contributed by atoms with Gasteiger partial charge in [-0.05, 0) is 17.8 Å². The molecule has 17 heavy (non-hydrogen) atoms. The Morgan fingerprint density at radius 1 is 1.47 bits per heavy atom. The van der Waals surface area contributed by atoms with Gasteiger partial charge in [-0.3, -0.25) is 9.67 Å². The lowest BCUT2D eigenvalue weighted by Crippen LogP contribution is -2.09. The van der Waals surface area contributed by atoms with Gasteiger partial charge in [-0.25, -0.2) is 0 Å². The van der Waals surface area contributed by atoms with Crippen molar-refractivity contribution in [1.29, 1.82) is 0 Å². The summed E-state index contributed by atoms with van der Waals surface area (Å²) in [5.41, 5.74) is 0.784. The summed E-state index contributed by atoms with van der Waals surface area (Å²) in [7, 11) is 0. The number of benzene rings is 1. The van der Waals surface area contributed by atoms with E-state index in [1.165, 1.54) is 0 Å². The number of allylic oxidation sites excluding steroid dienone is 1. The van der Waals surface area contributed by atoms with E-state index in [4.69, 9.17) is 12.2 Å². The second-order valence-electron chi connectivity index (χ2n) is 3.60. The van der Waals surface area contributed by atoms with E-state index in [9.17, 15) is 5.11 Å². The zero-order valence-corrected chi connectivity index (χ0v) is 10.0. The van der Waals surface area contributed by atoms with Gasteiger partial charge in [-0.2, -0.15) is 5.10 Å². The highest BCUT2D eigenvalue weighted by Gasteiger charge is 2.16. The van der Waals surface area contributed by atoms with Crippen molar-refractivity contribution in [1.82, 2.24) is 14.8 Å². The summed E-state index contributed by atoms with van der Waals surface area (Å²) in [6, 6.07) is 9.34. The predicted octanol–water partition coefficient (Wildman–Crippen LogP) is 2.21. The number of aromatic amines is 1. The van der Waals surface area contributed by atoms with Crippen molar-refractivity contribution in [3.63, 3.8) is 0 Å². The molecule has 4 nitrogen and oxygen atoms in total. The Kier molecular flexibility index (Phi) is 3.51. The topological polar surface area (TPSA) is 53.8 Å². The van der Waals surface area contributed by atoms with Crippen molar-refractivity contribution < 1.29 is 5.11 Å². The van der Waals surface area contributed by atoms with E-state index in [0.717, 1.165) is 5.56 Å². The van der Waals surface area contributed by atoms with Gasteiger partial charge in [-0.15, -0.1) is 6.58 Å². The molecule has 0 aliphatic carbocycles. The van der Waals surface area contributed by atoms with Crippen LogP contribution in [0.5, 0.6) is 0 Å². The third-order valence-corrected chi connectivity index (χ3v) is 2.77. The first-order chi connectivity index (χ1) is 8.24. The molecule has 0 aliphatic rings. The van der Waals surface area contributed by atoms with E-state index < -0.39 is 6.10 Å². The number of aromatic nitrogens is 3. The lowest BCUT2D eigenvalue weighted by atomic mass is 10.1. The summed E-state index contributed by atoms with van der Waals surface area (Å²) in [6.45, 7) is 4.18. The summed E-state index contributed by atoms with van der Waals surface area (Å²) in [5.74, 6) is 0.501. The van der Waals surface area contributed by atoms with Gasteiger partial charge in [0.15, 0.2) is 10.6 Å². The van der Waals surface area contributed by atoms with Crippen molar-refractivity contribution in [2.45, 2.75) is 12.6 Å². The Labute approximate surface area is 104 Å². The van der Waals surface area contributed by atoms with Crippen LogP contribution in [0.4, 0.5) is 0 Å². The highest BCUT2D eigenvalue weighted by Crippen LogP contribution is 2.19. The summed E-state index contributed by atoms with van der Waals surface area (Å²) < 4.78 is 2.20. The van der Waals surface area contributed by atoms with Crippen LogP contribution in [0.3, 0.4) is 0 Å². The van der Waals surface area contributed by atoms with Gasteiger partial charge in [0.25, 0.3) is 0 Å². The first kappa shape index (κ1) is 11.8. The Morgan fingerprint density at radius 2 is 2.18 bits per heavy atom. The van der Waals surface area contributed by atoms with Crippen LogP contribution in [0.25, 0.3) is 0 Å². The zero-order valence-electron chi connectivity index (χ0n) is 9.21. The Balaban J connectivity index is 2.41. The second kappa shape index (κ2) is 5.07. The molecule has 0 aliphatic heterocycles. The molecule has 0 radical (unpaired) electrons. The molecule has 0 spiro atoms. The van der Waals surface area contributed by atoms with Crippen molar-refractivity contribution in [3.8, 4) is 0 Å². The molecule has 0 saturated heterocycles. The van der Waals surface area contributed by atoms with Crippen LogP contribution in [0.2, 0.25) is 0 Å². The molecule has 2 rings (SSSR count). The lowest BCUT2D eigenvalue weighted by Gasteiger charge is -2.11. The largest absolute Gasteiger partial charge is 0.380 e. The monoisotopic (exact) mass is 247 g/mol. The fourth-order valence-corrected chi connectivity index (χ4v) is 1.84. The molecule has 1 atom stereocenters. The van der Waals surface area contributed by atoms with Crippen molar-refractivity contribution in [2.24, 2.45) is 0 Å². The number of H-pyrrole nitrogens is 1. The minimum absolute atomic E-state index is 0.481. The van der Waals surface area contributed by atoms with Crippen LogP contribution in [0.15, 0.2) is 43.0 Å². The van der Waals surface area contributed by atoms with Gasteiger partial charge in [0.1, 0.15) is 6.10 Å². The van der Waals surface area contributed by atoms with Gasteiger partial charge < -0.3 is 5.11 Å². The molecule has 2 aromatic rings. The van der Waals surface area contributed by atoms with E-state index in [1.54, 1.807) is 10.6 Å². The smallest absolute Gasteiger partial charge is 0.195 e. The zero-order chi connectivity index (χ0) is 12.3. The van der Waals surface area contributed by atoms with Crippen molar-refractivity contribution >= 4 is 12.2 Å². The average Bonchev–Trinajstić information content (AvgIpc) is 2.72. The summed E-state index contributed by atoms with van der Waals surface area (Å²) in [4.78, 5) is 0. The van der Waals surface area contributed by atoms with Gasteiger partial charge in [-0.1, -0.05) is 36.4 Å². The van der Waals surface area contributed by atoms with Crippen LogP contribution >= 0.6 is 12.2 Å². The highest BCUT2D eigenvalue weighted by atomic mass is 32.1. The lowest BCUT2D eigenvalue weighted by molar-refractivity contribution is 0.205. The summed E-state index contributed by atoms with van der Waals surface area (Å²) in [5, 5.41) is 17.0. The fourth-order valence-electron chi connectivity index (χ4n) is 1.63. The maximum Gasteiger partial charge on any atom is 0.195 e. The van der Waals surface area contributed by atoms with Gasteiger partial charge >= 0.3 is 0 Å². The molecule has 0 amide bonds. The number of aliphatic hydroxyl groups is 1. The molecule has 0 saturated carbocycles. The van der Waals surface area contributed by atoms with E-state index in [0.29, 0.717) is 17.1 Å². The molecule has 1 heterocycles. The van der Waals surface area contributed by atoms with E-state index >= 15 is 0 Å². The van der Waals surface area contributed by atoms with Crippen LogP contribution in [-0.4, -0.2) is 19.9 Å².